The van der Waals surface area contributed by atoms with E-state index in [4.69, 9.17) is 5.73 Å². The standard InChI is InChI=1S/C22H23N3O4/c1-24-10-20-9-21(15-6-12(26)3-4-14(15)20)8-16-11(7-22(21,29)19(20)24)5-13(17(23)27)18(28)25(16)2/h3-6,19,26,29H,7-10H2,1-2H3,(H2,23,27). The number of fused-ring (bicyclic) bond motifs is 3. The Balaban J connectivity index is 1.65. The molecule has 2 aromatic rings. The number of carbonyl (C=O) groups is 1. The van der Waals surface area contributed by atoms with Crippen molar-refractivity contribution in [2.24, 2.45) is 12.8 Å². The number of phenols is 1. The molecule has 7 nitrogen and oxygen atoms in total. The smallest absolute Gasteiger partial charge is 0.263 e. The molecular formula is C22H23N3O4. The van der Waals surface area contributed by atoms with Crippen molar-refractivity contribution in [3.63, 3.8) is 0 Å². The Hall–Kier alpha value is -2.64. The van der Waals surface area contributed by atoms with E-state index in [1.165, 1.54) is 10.1 Å². The molecule has 4 aliphatic rings. The molecule has 4 N–H and O–H groups in total. The van der Waals surface area contributed by atoms with Crippen LogP contribution in [-0.4, -0.2) is 50.8 Å². The van der Waals surface area contributed by atoms with Crippen LogP contribution < -0.4 is 11.3 Å². The Kier molecular flexibility index (Phi) is 2.82. The van der Waals surface area contributed by atoms with Gasteiger partial charge in [0.2, 0.25) is 0 Å². The van der Waals surface area contributed by atoms with E-state index in [0.717, 1.165) is 29.8 Å². The fourth-order valence-corrected chi connectivity index (χ4v) is 7.43. The molecule has 4 atom stereocenters. The second-order valence-corrected chi connectivity index (χ2v) is 9.50. The van der Waals surface area contributed by atoms with Gasteiger partial charge < -0.3 is 20.5 Å². The van der Waals surface area contributed by atoms with E-state index in [9.17, 15) is 19.8 Å². The van der Waals surface area contributed by atoms with Crippen LogP contribution in [0.25, 0.3) is 0 Å². The van der Waals surface area contributed by atoms with Gasteiger partial charge in [0, 0.05) is 43.0 Å². The summed E-state index contributed by atoms with van der Waals surface area (Å²) in [4.78, 5) is 26.7. The van der Waals surface area contributed by atoms with Gasteiger partial charge in [0.25, 0.3) is 11.5 Å². The zero-order chi connectivity index (χ0) is 20.5. The van der Waals surface area contributed by atoms with Crippen molar-refractivity contribution in [3.05, 3.63) is 62.6 Å². The third kappa shape index (κ3) is 1.62. The summed E-state index contributed by atoms with van der Waals surface area (Å²) in [6.45, 7) is 0.862. The molecule has 1 amide bonds. The predicted octanol–water partition coefficient (Wildman–Crippen LogP) is -0.0734. The summed E-state index contributed by atoms with van der Waals surface area (Å²) in [7, 11) is 3.70. The normalized spacial score (nSPS) is 36.0. The maximum atomic E-state index is 12.7. The number of aliphatic hydroxyl groups is 1. The van der Waals surface area contributed by atoms with Crippen molar-refractivity contribution in [1.82, 2.24) is 9.47 Å². The molecule has 7 heteroatoms. The zero-order valence-corrected chi connectivity index (χ0v) is 16.4. The Labute approximate surface area is 167 Å². The number of likely N-dealkylation sites (N-methyl/N-ethyl adjacent to an activating group) is 1. The number of nitrogens with two attached hydrogens (primary N) is 1. The van der Waals surface area contributed by atoms with Crippen LogP contribution in [0, 0.1) is 0 Å². The van der Waals surface area contributed by atoms with E-state index < -0.39 is 22.5 Å². The van der Waals surface area contributed by atoms with Crippen molar-refractivity contribution in [1.29, 1.82) is 0 Å². The van der Waals surface area contributed by atoms with Gasteiger partial charge in [-0.1, -0.05) is 6.07 Å². The molecule has 1 saturated heterocycles. The lowest BCUT2D eigenvalue weighted by molar-refractivity contribution is -0.126. The topological polar surface area (TPSA) is 109 Å². The number of carbonyl (C=O) groups excluding carboxylic acids is 1. The molecule has 2 heterocycles. The summed E-state index contributed by atoms with van der Waals surface area (Å²) in [5, 5.41) is 22.4. The fourth-order valence-electron chi connectivity index (χ4n) is 7.43. The van der Waals surface area contributed by atoms with Crippen LogP contribution in [0.2, 0.25) is 0 Å². The predicted molar refractivity (Wildman–Crippen MR) is 105 cm³/mol. The summed E-state index contributed by atoms with van der Waals surface area (Å²) in [6, 6.07) is 7.07. The number of nitrogens with zero attached hydrogens (tertiary/aromatic N) is 2. The van der Waals surface area contributed by atoms with Gasteiger partial charge in [0.15, 0.2) is 0 Å². The molecule has 1 saturated carbocycles. The minimum atomic E-state index is -1.04. The number of aromatic hydroxyl groups is 1. The van der Waals surface area contributed by atoms with Gasteiger partial charge in [-0.05, 0) is 48.4 Å². The molecule has 2 fully saturated rings. The fraction of sp³-hybridized carbons (Fsp3) is 0.455. The minimum absolute atomic E-state index is 0.0329. The maximum Gasteiger partial charge on any atom is 0.263 e. The zero-order valence-electron chi connectivity index (χ0n) is 16.4. The monoisotopic (exact) mass is 393 g/mol. The summed E-state index contributed by atoms with van der Waals surface area (Å²) in [6.07, 6.45) is 1.64. The quantitative estimate of drug-likeness (QED) is 0.628. The molecule has 2 spiro atoms. The molecule has 3 aliphatic carbocycles. The van der Waals surface area contributed by atoms with E-state index in [0.29, 0.717) is 12.8 Å². The summed E-state index contributed by atoms with van der Waals surface area (Å²) in [5.41, 5.74) is 7.09. The second-order valence-electron chi connectivity index (χ2n) is 9.50. The molecule has 2 bridgehead atoms. The average molecular weight is 393 g/mol. The van der Waals surface area contributed by atoms with Crippen molar-refractivity contribution in [3.8, 4) is 5.75 Å². The van der Waals surface area contributed by atoms with Crippen molar-refractivity contribution < 1.29 is 15.0 Å². The number of hydrogen-bond donors (Lipinski definition) is 3. The highest BCUT2D eigenvalue weighted by Crippen LogP contribution is 2.72. The number of likely N-dealkylation sites (tertiary alicyclic amines) is 1. The average Bonchev–Trinajstić information content (AvgIpc) is 3.01. The largest absolute Gasteiger partial charge is 0.508 e. The van der Waals surface area contributed by atoms with Crippen LogP contribution in [0.15, 0.2) is 29.1 Å². The summed E-state index contributed by atoms with van der Waals surface area (Å²) in [5.74, 6) is -0.557. The number of benzene rings is 1. The van der Waals surface area contributed by atoms with Crippen molar-refractivity contribution in [2.45, 2.75) is 41.7 Å². The first kappa shape index (κ1) is 17.2. The molecule has 6 rings (SSSR count). The molecule has 29 heavy (non-hydrogen) atoms. The van der Waals surface area contributed by atoms with Crippen molar-refractivity contribution >= 4 is 5.91 Å². The van der Waals surface area contributed by atoms with Gasteiger partial charge in [-0.25, -0.2) is 0 Å². The van der Waals surface area contributed by atoms with Gasteiger partial charge in [0.1, 0.15) is 11.3 Å². The first-order valence-electron chi connectivity index (χ1n) is 9.93. The van der Waals surface area contributed by atoms with Gasteiger partial charge in [-0.15, -0.1) is 0 Å². The third-order valence-corrected chi connectivity index (χ3v) is 8.27. The van der Waals surface area contributed by atoms with Gasteiger partial charge in [-0.3, -0.25) is 14.5 Å². The number of pyridine rings is 1. The maximum absolute atomic E-state index is 12.7. The number of amides is 1. The van der Waals surface area contributed by atoms with Gasteiger partial charge >= 0.3 is 0 Å². The van der Waals surface area contributed by atoms with Crippen LogP contribution in [0.4, 0.5) is 0 Å². The van der Waals surface area contributed by atoms with Crippen LogP contribution >= 0.6 is 0 Å². The van der Waals surface area contributed by atoms with Crippen LogP contribution in [0.5, 0.6) is 5.75 Å². The highest BCUT2D eigenvalue weighted by Gasteiger charge is 2.80. The Morgan fingerprint density at radius 3 is 2.66 bits per heavy atom. The first-order chi connectivity index (χ1) is 13.6. The minimum Gasteiger partial charge on any atom is -0.508 e. The first-order valence-corrected chi connectivity index (χ1v) is 9.93. The van der Waals surface area contributed by atoms with E-state index in [2.05, 4.69) is 4.90 Å². The number of hydrogen-bond acceptors (Lipinski definition) is 5. The highest BCUT2D eigenvalue weighted by atomic mass is 16.3. The van der Waals surface area contributed by atoms with E-state index in [1.807, 2.05) is 13.1 Å². The lowest BCUT2D eigenvalue weighted by atomic mass is 9.55. The highest BCUT2D eigenvalue weighted by molar-refractivity contribution is 5.92. The molecule has 4 unspecified atom stereocenters. The molecule has 150 valence electrons. The van der Waals surface area contributed by atoms with E-state index in [-0.39, 0.29) is 22.8 Å². The van der Waals surface area contributed by atoms with Crippen LogP contribution in [0.1, 0.15) is 39.2 Å². The van der Waals surface area contributed by atoms with Crippen molar-refractivity contribution in [2.75, 3.05) is 13.6 Å². The Morgan fingerprint density at radius 1 is 1.21 bits per heavy atom. The molecule has 1 aromatic carbocycles. The Bertz CT molecular complexity index is 1200. The number of aromatic nitrogens is 1. The van der Waals surface area contributed by atoms with Gasteiger partial charge in [-0.2, -0.15) is 0 Å². The molecule has 1 aliphatic heterocycles. The molecular weight excluding hydrogens is 370 g/mol. The number of phenolic OH excluding ortho intramolecular Hbond substituents is 1. The summed E-state index contributed by atoms with van der Waals surface area (Å²) < 4.78 is 1.52. The molecule has 0 radical (unpaired) electrons. The lowest BCUT2D eigenvalue weighted by Crippen LogP contribution is -2.74. The van der Waals surface area contributed by atoms with Crippen LogP contribution in [-0.2, 0) is 30.7 Å². The van der Waals surface area contributed by atoms with Gasteiger partial charge in [0.05, 0.1) is 11.6 Å². The number of primary amides is 1. The Morgan fingerprint density at radius 2 is 1.97 bits per heavy atom. The SMILES string of the molecule is CN1CC23CC4(Cc5c(cc(C(N)=O)c(=O)n5C)CC4(O)C12)c1cc(O)ccc13. The van der Waals surface area contributed by atoms with Crippen LogP contribution in [0.3, 0.4) is 0 Å². The second kappa shape index (κ2) is 4.74. The summed E-state index contributed by atoms with van der Waals surface area (Å²) >= 11 is 0. The van der Waals surface area contributed by atoms with E-state index >= 15 is 0 Å². The number of rotatable bonds is 1. The van der Waals surface area contributed by atoms with E-state index in [1.54, 1.807) is 25.2 Å². The lowest BCUT2D eigenvalue weighted by Gasteiger charge is -2.61. The third-order valence-electron chi connectivity index (χ3n) is 8.27. The molecule has 1 aromatic heterocycles.